The number of aryl methyl sites for hydroxylation is 1. The van der Waals surface area contributed by atoms with Gasteiger partial charge in [-0.15, -0.1) is 0 Å². The number of amides is 2. The zero-order valence-corrected chi connectivity index (χ0v) is 16.6. The summed E-state index contributed by atoms with van der Waals surface area (Å²) in [4.78, 5) is 25.3. The highest BCUT2D eigenvalue weighted by molar-refractivity contribution is 5.97. The zero-order chi connectivity index (χ0) is 20.0. The van der Waals surface area contributed by atoms with E-state index in [1.165, 1.54) is 0 Å². The standard InChI is InChI=1S/C22H28N2O3/c1-14(2)20(24-21(25)17-9-7-6-8-10-17)22(26)23-16(4)18-13-15(3)11-12-19(18)27-5/h6-14,16,20H,1-5H3,(H,23,26)(H,24,25)/t16-,20-/m0/s1. The Bertz CT molecular complexity index is 787. The van der Waals surface area contributed by atoms with Crippen LogP contribution in [0.15, 0.2) is 48.5 Å². The van der Waals surface area contributed by atoms with Crippen molar-refractivity contribution in [1.82, 2.24) is 10.6 Å². The van der Waals surface area contributed by atoms with Crippen LogP contribution in [0.1, 0.15) is 48.3 Å². The molecule has 0 aliphatic carbocycles. The van der Waals surface area contributed by atoms with Crippen molar-refractivity contribution in [2.45, 2.75) is 39.8 Å². The Labute approximate surface area is 161 Å². The van der Waals surface area contributed by atoms with E-state index < -0.39 is 6.04 Å². The number of methoxy groups -OCH3 is 1. The molecular formula is C22H28N2O3. The molecule has 0 aliphatic heterocycles. The fraction of sp³-hybridized carbons (Fsp3) is 0.364. The van der Waals surface area contributed by atoms with Crippen LogP contribution in [0.25, 0.3) is 0 Å². The minimum Gasteiger partial charge on any atom is -0.496 e. The van der Waals surface area contributed by atoms with Crippen molar-refractivity contribution >= 4 is 11.8 Å². The number of ether oxygens (including phenoxy) is 1. The van der Waals surface area contributed by atoms with Gasteiger partial charge in [-0.3, -0.25) is 9.59 Å². The maximum atomic E-state index is 12.9. The first-order valence-corrected chi connectivity index (χ1v) is 9.14. The number of carbonyl (C=O) groups is 2. The van der Waals surface area contributed by atoms with Crippen LogP contribution in [0, 0.1) is 12.8 Å². The van der Waals surface area contributed by atoms with Crippen LogP contribution < -0.4 is 15.4 Å². The summed E-state index contributed by atoms with van der Waals surface area (Å²) < 4.78 is 5.41. The zero-order valence-electron chi connectivity index (χ0n) is 16.6. The first-order valence-electron chi connectivity index (χ1n) is 9.14. The third-order valence-corrected chi connectivity index (χ3v) is 4.48. The van der Waals surface area contributed by atoms with Crippen LogP contribution in [0.2, 0.25) is 0 Å². The Kier molecular flexibility index (Phi) is 6.99. The molecule has 2 aromatic carbocycles. The predicted octanol–water partition coefficient (Wildman–Crippen LogP) is 3.64. The quantitative estimate of drug-likeness (QED) is 0.784. The molecule has 2 rings (SSSR count). The van der Waals surface area contributed by atoms with Gasteiger partial charge in [-0.1, -0.05) is 49.7 Å². The van der Waals surface area contributed by atoms with Gasteiger partial charge in [0.1, 0.15) is 11.8 Å². The lowest BCUT2D eigenvalue weighted by atomic mass is 10.0. The summed E-state index contributed by atoms with van der Waals surface area (Å²) in [5, 5.41) is 5.85. The lowest BCUT2D eigenvalue weighted by Gasteiger charge is -2.25. The lowest BCUT2D eigenvalue weighted by Crippen LogP contribution is -2.50. The van der Waals surface area contributed by atoms with E-state index in [9.17, 15) is 9.59 Å². The van der Waals surface area contributed by atoms with Gasteiger partial charge < -0.3 is 15.4 Å². The summed E-state index contributed by atoms with van der Waals surface area (Å²) in [6.07, 6.45) is 0. The summed E-state index contributed by atoms with van der Waals surface area (Å²) in [7, 11) is 1.61. The highest BCUT2D eigenvalue weighted by Gasteiger charge is 2.26. The second kappa shape index (κ2) is 9.21. The average molecular weight is 368 g/mol. The molecule has 144 valence electrons. The minimum atomic E-state index is -0.629. The molecule has 0 saturated carbocycles. The molecule has 0 spiro atoms. The molecule has 2 atom stereocenters. The van der Waals surface area contributed by atoms with Crippen LogP contribution >= 0.6 is 0 Å². The molecule has 5 heteroatoms. The number of hydrogen-bond acceptors (Lipinski definition) is 3. The van der Waals surface area contributed by atoms with E-state index in [1.54, 1.807) is 31.4 Å². The van der Waals surface area contributed by atoms with Crippen LogP contribution in [0.5, 0.6) is 5.75 Å². The monoisotopic (exact) mass is 368 g/mol. The van der Waals surface area contributed by atoms with Crippen molar-refractivity contribution in [3.8, 4) is 5.75 Å². The first-order chi connectivity index (χ1) is 12.8. The maximum absolute atomic E-state index is 12.9. The van der Waals surface area contributed by atoms with Crippen LogP contribution in [0.3, 0.4) is 0 Å². The molecule has 0 aliphatic rings. The molecular weight excluding hydrogens is 340 g/mol. The maximum Gasteiger partial charge on any atom is 0.251 e. The Morgan fingerprint density at radius 1 is 0.963 bits per heavy atom. The molecule has 0 aromatic heterocycles. The first kappa shape index (κ1) is 20.5. The van der Waals surface area contributed by atoms with Gasteiger partial charge in [-0.25, -0.2) is 0 Å². The SMILES string of the molecule is COc1ccc(C)cc1[C@H](C)NC(=O)[C@@H](NC(=O)c1ccccc1)C(C)C. The topological polar surface area (TPSA) is 67.4 Å². The lowest BCUT2D eigenvalue weighted by molar-refractivity contribution is -0.124. The van der Waals surface area contributed by atoms with E-state index in [0.717, 1.165) is 16.9 Å². The van der Waals surface area contributed by atoms with Crippen molar-refractivity contribution in [2.75, 3.05) is 7.11 Å². The second-order valence-electron chi connectivity index (χ2n) is 7.04. The minimum absolute atomic E-state index is 0.0516. The molecule has 2 amide bonds. The van der Waals surface area contributed by atoms with Gasteiger partial charge in [-0.05, 0) is 38.0 Å². The number of nitrogens with one attached hydrogen (secondary N) is 2. The van der Waals surface area contributed by atoms with E-state index in [1.807, 2.05) is 52.0 Å². The molecule has 2 aromatic rings. The summed E-state index contributed by atoms with van der Waals surface area (Å²) in [5.41, 5.74) is 2.52. The molecule has 2 N–H and O–H groups in total. The highest BCUT2D eigenvalue weighted by atomic mass is 16.5. The predicted molar refractivity (Wildman–Crippen MR) is 107 cm³/mol. The van der Waals surface area contributed by atoms with E-state index in [4.69, 9.17) is 4.74 Å². The second-order valence-corrected chi connectivity index (χ2v) is 7.04. The van der Waals surface area contributed by atoms with Gasteiger partial charge >= 0.3 is 0 Å². The van der Waals surface area contributed by atoms with Gasteiger partial charge in [0.05, 0.1) is 13.2 Å². The van der Waals surface area contributed by atoms with Gasteiger partial charge in [-0.2, -0.15) is 0 Å². The third-order valence-electron chi connectivity index (χ3n) is 4.48. The third kappa shape index (κ3) is 5.33. The van der Waals surface area contributed by atoms with Crippen LogP contribution in [0.4, 0.5) is 0 Å². The smallest absolute Gasteiger partial charge is 0.251 e. The van der Waals surface area contributed by atoms with Gasteiger partial charge in [0.2, 0.25) is 5.91 Å². The van der Waals surface area contributed by atoms with Crippen molar-refractivity contribution in [3.05, 3.63) is 65.2 Å². The van der Waals surface area contributed by atoms with Gasteiger partial charge in [0, 0.05) is 11.1 Å². The molecule has 0 bridgehead atoms. The van der Waals surface area contributed by atoms with Gasteiger partial charge in [0.15, 0.2) is 0 Å². The van der Waals surface area contributed by atoms with E-state index in [0.29, 0.717) is 5.56 Å². The fourth-order valence-corrected chi connectivity index (χ4v) is 2.92. The van der Waals surface area contributed by atoms with E-state index in [2.05, 4.69) is 10.6 Å². The van der Waals surface area contributed by atoms with Crippen molar-refractivity contribution in [3.63, 3.8) is 0 Å². The largest absolute Gasteiger partial charge is 0.496 e. The highest BCUT2D eigenvalue weighted by Crippen LogP contribution is 2.26. The molecule has 27 heavy (non-hydrogen) atoms. The number of carbonyl (C=O) groups excluding carboxylic acids is 2. The summed E-state index contributed by atoms with van der Waals surface area (Å²) in [6.45, 7) is 7.72. The molecule has 0 unspecified atom stereocenters. The van der Waals surface area contributed by atoms with Crippen molar-refractivity contribution < 1.29 is 14.3 Å². The van der Waals surface area contributed by atoms with E-state index in [-0.39, 0.29) is 23.8 Å². The number of rotatable bonds is 7. The van der Waals surface area contributed by atoms with Crippen LogP contribution in [-0.2, 0) is 4.79 Å². The van der Waals surface area contributed by atoms with Gasteiger partial charge in [0.25, 0.3) is 5.91 Å². The Morgan fingerprint density at radius 3 is 2.22 bits per heavy atom. The Balaban J connectivity index is 2.13. The van der Waals surface area contributed by atoms with Crippen molar-refractivity contribution in [1.29, 1.82) is 0 Å². The molecule has 0 saturated heterocycles. The normalized spacial score (nSPS) is 13.0. The number of benzene rings is 2. The number of hydrogen-bond donors (Lipinski definition) is 2. The molecule has 0 heterocycles. The fourth-order valence-electron chi connectivity index (χ4n) is 2.92. The Morgan fingerprint density at radius 2 is 1.63 bits per heavy atom. The van der Waals surface area contributed by atoms with Crippen LogP contribution in [-0.4, -0.2) is 25.0 Å². The van der Waals surface area contributed by atoms with Crippen molar-refractivity contribution in [2.24, 2.45) is 5.92 Å². The summed E-state index contributed by atoms with van der Waals surface area (Å²) in [6, 6.07) is 13.9. The molecule has 0 fully saturated rings. The average Bonchev–Trinajstić information content (AvgIpc) is 2.66. The van der Waals surface area contributed by atoms with E-state index >= 15 is 0 Å². The summed E-state index contributed by atoms with van der Waals surface area (Å²) in [5.74, 6) is 0.197. The summed E-state index contributed by atoms with van der Waals surface area (Å²) >= 11 is 0. The Hall–Kier alpha value is -2.82. The molecule has 0 radical (unpaired) electrons. The molecule has 5 nitrogen and oxygen atoms in total.